The van der Waals surface area contributed by atoms with Gasteiger partial charge in [-0.15, -0.1) is 0 Å². The molecule has 130 valence electrons. The second kappa shape index (κ2) is 6.30. The van der Waals surface area contributed by atoms with Gasteiger partial charge in [0.05, 0.1) is 5.56 Å². The van der Waals surface area contributed by atoms with Crippen LogP contribution in [0.25, 0.3) is 0 Å². The van der Waals surface area contributed by atoms with Crippen LogP contribution in [0.5, 0.6) is 0 Å². The molecule has 3 N–H and O–H groups in total. The Morgan fingerprint density at radius 1 is 1.08 bits per heavy atom. The van der Waals surface area contributed by atoms with E-state index in [0.29, 0.717) is 16.9 Å². The third kappa shape index (κ3) is 4.16. The fourth-order valence-electron chi connectivity index (χ4n) is 1.76. The van der Waals surface area contributed by atoms with Crippen molar-refractivity contribution in [3.05, 3.63) is 46.0 Å². The lowest BCUT2D eigenvalue weighted by Crippen LogP contribution is -2.24. The molecule has 11 heteroatoms. The molecule has 1 amide bonds. The van der Waals surface area contributed by atoms with Gasteiger partial charge < -0.3 is 11.1 Å². The number of amides is 1. The highest BCUT2D eigenvalue weighted by molar-refractivity contribution is 7.17. The molecule has 0 bridgehead atoms. The van der Waals surface area contributed by atoms with Crippen LogP contribution in [-0.2, 0) is 18.9 Å². The van der Waals surface area contributed by atoms with Gasteiger partial charge in [-0.05, 0) is 17.7 Å². The largest absolute Gasteiger partial charge is 0.435 e. The molecule has 0 aliphatic carbocycles. The summed E-state index contributed by atoms with van der Waals surface area (Å²) in [5.74, 6) is -1.06. The van der Waals surface area contributed by atoms with Crippen molar-refractivity contribution in [3.8, 4) is 0 Å². The predicted octanol–water partition coefficient (Wildman–Crippen LogP) is 3.69. The maximum absolute atomic E-state index is 12.7. The van der Waals surface area contributed by atoms with Crippen molar-refractivity contribution >= 4 is 22.4 Å². The minimum Gasteiger partial charge on any atom is -0.375 e. The van der Waals surface area contributed by atoms with E-state index >= 15 is 0 Å². The Hall–Kier alpha value is -2.30. The lowest BCUT2D eigenvalue weighted by molar-refractivity contribution is -0.141. The number of nitrogen functional groups attached to an aromatic ring is 1. The number of benzene rings is 1. The fraction of sp³-hybridized carbons (Fsp3) is 0.231. The van der Waals surface area contributed by atoms with Crippen LogP contribution in [-0.4, -0.2) is 10.9 Å². The number of hydrogen-bond acceptors (Lipinski definition) is 4. The van der Waals surface area contributed by atoms with Gasteiger partial charge in [-0.2, -0.15) is 26.3 Å². The minimum absolute atomic E-state index is 0.244. The standard InChI is InChI=1S/C13H9F6N3OS/c14-12(15,16)7-3-1-6(2-4-7)5-21-10(23)8-9(13(17,18)19)22-11(20)24-8/h1-4H,5H2,(H2,20,22)(H,21,23). The maximum Gasteiger partial charge on any atom is 0.435 e. The number of aromatic nitrogens is 1. The first-order valence-corrected chi connectivity index (χ1v) is 7.08. The van der Waals surface area contributed by atoms with Gasteiger partial charge in [-0.25, -0.2) is 4.98 Å². The topological polar surface area (TPSA) is 68.0 Å². The van der Waals surface area contributed by atoms with E-state index in [1.165, 1.54) is 0 Å². The summed E-state index contributed by atoms with van der Waals surface area (Å²) in [5.41, 5.74) is 3.23. The number of thiazole rings is 1. The molecule has 1 heterocycles. The highest BCUT2D eigenvalue weighted by Gasteiger charge is 2.39. The maximum atomic E-state index is 12.7. The van der Waals surface area contributed by atoms with E-state index in [2.05, 4.69) is 10.3 Å². The van der Waals surface area contributed by atoms with E-state index in [1.807, 2.05) is 0 Å². The zero-order valence-electron chi connectivity index (χ0n) is 11.6. The number of nitrogens with two attached hydrogens (primary N) is 1. The Morgan fingerprint density at radius 3 is 2.17 bits per heavy atom. The molecule has 0 atom stereocenters. The van der Waals surface area contributed by atoms with Crippen LogP contribution in [0.1, 0.15) is 26.5 Å². The van der Waals surface area contributed by atoms with E-state index in [9.17, 15) is 31.1 Å². The molecule has 0 unspecified atom stereocenters. The van der Waals surface area contributed by atoms with Crippen molar-refractivity contribution in [2.75, 3.05) is 5.73 Å². The predicted molar refractivity (Wildman–Crippen MR) is 74.1 cm³/mol. The number of rotatable bonds is 3. The summed E-state index contributed by atoms with van der Waals surface area (Å²) >= 11 is 0.376. The van der Waals surface area contributed by atoms with Crippen LogP contribution in [0.3, 0.4) is 0 Å². The summed E-state index contributed by atoms with van der Waals surface area (Å²) < 4.78 is 75.5. The number of nitrogens with one attached hydrogen (secondary N) is 1. The third-order valence-electron chi connectivity index (χ3n) is 2.85. The van der Waals surface area contributed by atoms with Crippen LogP contribution in [0.2, 0.25) is 0 Å². The molecule has 0 saturated carbocycles. The van der Waals surface area contributed by atoms with Gasteiger partial charge in [-0.1, -0.05) is 23.5 Å². The summed E-state index contributed by atoms with van der Waals surface area (Å²) in [6.45, 7) is -0.244. The highest BCUT2D eigenvalue weighted by atomic mass is 32.1. The second-order valence-corrected chi connectivity index (χ2v) is 5.64. The molecule has 0 aliphatic heterocycles. The zero-order valence-corrected chi connectivity index (χ0v) is 12.4. The Bertz CT molecular complexity index is 736. The van der Waals surface area contributed by atoms with Crippen molar-refractivity contribution in [2.24, 2.45) is 0 Å². The molecular formula is C13H9F6N3OS. The van der Waals surface area contributed by atoms with E-state index in [1.54, 1.807) is 0 Å². The molecule has 2 aromatic rings. The zero-order chi connectivity index (χ0) is 18.1. The SMILES string of the molecule is Nc1nc(C(F)(F)F)c(C(=O)NCc2ccc(C(F)(F)F)cc2)s1. The summed E-state index contributed by atoms with van der Waals surface area (Å²) in [6, 6.07) is 3.87. The Morgan fingerprint density at radius 2 is 1.67 bits per heavy atom. The Kier molecular flexibility index (Phi) is 4.74. The highest BCUT2D eigenvalue weighted by Crippen LogP contribution is 2.35. The van der Waals surface area contributed by atoms with Gasteiger partial charge in [0.1, 0.15) is 4.88 Å². The molecule has 0 fully saturated rings. The van der Waals surface area contributed by atoms with Gasteiger partial charge in [-0.3, -0.25) is 4.79 Å². The molecular weight excluding hydrogens is 360 g/mol. The molecule has 0 spiro atoms. The molecule has 0 aliphatic rings. The van der Waals surface area contributed by atoms with Crippen LogP contribution < -0.4 is 11.1 Å². The normalized spacial score (nSPS) is 12.2. The number of nitrogens with zero attached hydrogens (tertiary/aromatic N) is 1. The summed E-state index contributed by atoms with van der Waals surface area (Å²) in [6.07, 6.45) is -9.33. The van der Waals surface area contributed by atoms with Crippen LogP contribution >= 0.6 is 11.3 Å². The first-order valence-electron chi connectivity index (χ1n) is 6.26. The molecule has 24 heavy (non-hydrogen) atoms. The Balaban J connectivity index is 2.09. The van der Waals surface area contributed by atoms with Crippen LogP contribution in [0.4, 0.5) is 31.5 Å². The fourth-order valence-corrected chi connectivity index (χ4v) is 2.53. The minimum atomic E-state index is -4.84. The first-order chi connectivity index (χ1) is 11.0. The van der Waals surface area contributed by atoms with Crippen LogP contribution in [0, 0.1) is 0 Å². The van der Waals surface area contributed by atoms with E-state index < -0.39 is 39.5 Å². The van der Waals surface area contributed by atoms with Gasteiger partial charge in [0.2, 0.25) is 0 Å². The lowest BCUT2D eigenvalue weighted by Gasteiger charge is -2.09. The van der Waals surface area contributed by atoms with Crippen molar-refractivity contribution in [2.45, 2.75) is 18.9 Å². The van der Waals surface area contributed by atoms with Crippen molar-refractivity contribution in [1.82, 2.24) is 10.3 Å². The number of halogens is 6. The quantitative estimate of drug-likeness (QED) is 0.811. The number of alkyl halides is 6. The first kappa shape index (κ1) is 18.0. The van der Waals surface area contributed by atoms with Crippen molar-refractivity contribution in [1.29, 1.82) is 0 Å². The number of carbonyl (C=O) groups is 1. The van der Waals surface area contributed by atoms with E-state index in [4.69, 9.17) is 5.73 Å². The average molecular weight is 369 g/mol. The second-order valence-electron chi connectivity index (χ2n) is 4.60. The van der Waals surface area contributed by atoms with Gasteiger partial charge in [0, 0.05) is 6.54 Å². The lowest BCUT2D eigenvalue weighted by atomic mass is 10.1. The summed E-state index contributed by atoms with van der Waals surface area (Å²) in [7, 11) is 0. The molecule has 2 rings (SSSR count). The van der Waals surface area contributed by atoms with E-state index in [0.717, 1.165) is 24.3 Å². The van der Waals surface area contributed by atoms with Crippen molar-refractivity contribution < 1.29 is 31.1 Å². The molecule has 0 radical (unpaired) electrons. The smallest absolute Gasteiger partial charge is 0.375 e. The molecule has 1 aromatic carbocycles. The third-order valence-corrected chi connectivity index (χ3v) is 3.74. The molecule has 4 nitrogen and oxygen atoms in total. The van der Waals surface area contributed by atoms with E-state index in [-0.39, 0.29) is 6.54 Å². The molecule has 1 aromatic heterocycles. The summed E-state index contributed by atoms with van der Waals surface area (Å²) in [5, 5.41) is 1.78. The molecule has 0 saturated heterocycles. The average Bonchev–Trinajstić information content (AvgIpc) is 2.86. The number of hydrogen-bond donors (Lipinski definition) is 2. The Labute approximate surface area is 135 Å². The van der Waals surface area contributed by atoms with Gasteiger partial charge in [0.25, 0.3) is 5.91 Å². The van der Waals surface area contributed by atoms with Gasteiger partial charge in [0.15, 0.2) is 10.8 Å². The number of carbonyl (C=O) groups excluding carboxylic acids is 1. The monoisotopic (exact) mass is 369 g/mol. The van der Waals surface area contributed by atoms with Gasteiger partial charge >= 0.3 is 12.4 Å². The number of anilines is 1. The van der Waals surface area contributed by atoms with Crippen LogP contribution in [0.15, 0.2) is 24.3 Å². The summed E-state index contributed by atoms with van der Waals surface area (Å²) in [4.78, 5) is 14.2. The van der Waals surface area contributed by atoms with Crippen molar-refractivity contribution in [3.63, 3.8) is 0 Å².